The summed E-state index contributed by atoms with van der Waals surface area (Å²) in [5.41, 5.74) is 2.63. The Morgan fingerprint density at radius 2 is 1.95 bits per heavy atom. The number of anilines is 2. The van der Waals surface area contributed by atoms with Crippen LogP contribution in [-0.2, 0) is 23.1 Å². The highest BCUT2D eigenvalue weighted by atomic mass is 35.5. The van der Waals surface area contributed by atoms with Crippen LogP contribution in [0.4, 0.5) is 11.8 Å². The molecule has 5 rings (SSSR count). The van der Waals surface area contributed by atoms with Gasteiger partial charge in [-0.3, -0.25) is 4.79 Å². The van der Waals surface area contributed by atoms with E-state index in [0.29, 0.717) is 81.7 Å². The third kappa shape index (κ3) is 6.09. The molecule has 0 radical (unpaired) electrons. The van der Waals surface area contributed by atoms with Crippen LogP contribution in [0.15, 0.2) is 49.4 Å². The number of hydrogen-bond donors (Lipinski definition) is 2. The first-order chi connectivity index (χ1) is 19.8. The van der Waals surface area contributed by atoms with Crippen LogP contribution < -0.4 is 20.1 Å². The number of nitrogens with zero attached hydrogens (tertiary/aromatic N) is 4. The van der Waals surface area contributed by atoms with Crippen molar-refractivity contribution in [1.29, 1.82) is 0 Å². The lowest BCUT2D eigenvalue weighted by Crippen LogP contribution is -2.30. The molecule has 12 heteroatoms. The number of methoxy groups -OCH3 is 2. The lowest BCUT2D eigenvalue weighted by Gasteiger charge is -2.19. The summed E-state index contributed by atoms with van der Waals surface area (Å²) < 4.78 is 18.5. The zero-order valence-electron chi connectivity index (χ0n) is 22.9. The van der Waals surface area contributed by atoms with Crippen molar-refractivity contribution < 1.29 is 19.0 Å². The second-order valence-electron chi connectivity index (χ2n) is 9.73. The number of benzene rings is 1. The van der Waals surface area contributed by atoms with Gasteiger partial charge in [0.05, 0.1) is 49.2 Å². The van der Waals surface area contributed by atoms with Crippen LogP contribution in [0, 0.1) is 5.92 Å². The monoisotopic (exact) mass is 596 g/mol. The first-order valence-corrected chi connectivity index (χ1v) is 13.7. The lowest BCUT2D eigenvalue weighted by atomic mass is 9.97. The van der Waals surface area contributed by atoms with Gasteiger partial charge in [0.2, 0.25) is 5.95 Å². The van der Waals surface area contributed by atoms with Gasteiger partial charge in [-0.2, -0.15) is 0 Å². The molecule has 1 saturated heterocycles. The Kier molecular flexibility index (Phi) is 8.63. The highest BCUT2D eigenvalue weighted by Gasteiger charge is 2.30. The van der Waals surface area contributed by atoms with E-state index >= 15 is 0 Å². The van der Waals surface area contributed by atoms with Crippen molar-refractivity contribution in [1.82, 2.24) is 19.5 Å². The Balaban J connectivity index is 1.56. The number of ether oxygens (including phenoxy) is 3. The smallest absolute Gasteiger partial charge is 0.223 e. The fourth-order valence-corrected chi connectivity index (χ4v) is 5.48. The normalized spacial score (nSPS) is 16.5. The molecule has 1 fully saturated rings. The van der Waals surface area contributed by atoms with E-state index < -0.39 is 0 Å². The minimum Gasteiger partial charge on any atom is -0.495 e. The van der Waals surface area contributed by atoms with Crippen LogP contribution >= 0.6 is 23.2 Å². The largest absolute Gasteiger partial charge is 0.495 e. The van der Waals surface area contributed by atoms with E-state index in [9.17, 15) is 4.79 Å². The van der Waals surface area contributed by atoms with Crippen LogP contribution in [0.3, 0.4) is 0 Å². The fraction of sp³-hybridized carbons (Fsp3) is 0.310. The lowest BCUT2D eigenvalue weighted by molar-refractivity contribution is -0.115. The van der Waals surface area contributed by atoms with Gasteiger partial charge in [-0.05, 0) is 23.8 Å². The summed E-state index contributed by atoms with van der Waals surface area (Å²) in [4.78, 5) is 26.2. The Bertz CT molecular complexity index is 1580. The Morgan fingerprint density at radius 1 is 1.20 bits per heavy atom. The van der Waals surface area contributed by atoms with E-state index in [1.54, 1.807) is 12.3 Å². The van der Waals surface area contributed by atoms with Crippen molar-refractivity contribution in [2.75, 3.05) is 38.1 Å². The first kappa shape index (κ1) is 28.7. The summed E-state index contributed by atoms with van der Waals surface area (Å²) in [6.45, 7) is 5.00. The number of allylic oxidation sites excluding steroid dienone is 1. The number of ketones is 1. The standard InChI is InChI=1S/C29H30Cl2N6O4/c1-5-19(38)8-18-14-41-15-21(18)35-29-33-12-17-9-20(24-25(30)22(39-3)10-23(40-4)26(24)31)34-28(27(17)36-29)32-11-16-6-7-37(2)13-16/h5-7,9-10,12-13,18,21H,1,8,11,14-15H2,2-4H3,(H,32,34)(H,33,35,36)/t18-,21+/m0/s1. The van der Waals surface area contributed by atoms with Crippen molar-refractivity contribution >= 4 is 51.7 Å². The van der Waals surface area contributed by atoms with Gasteiger partial charge in [0.25, 0.3) is 0 Å². The first-order valence-electron chi connectivity index (χ1n) is 12.9. The van der Waals surface area contributed by atoms with Gasteiger partial charge in [0.15, 0.2) is 11.6 Å². The van der Waals surface area contributed by atoms with Gasteiger partial charge < -0.3 is 29.4 Å². The van der Waals surface area contributed by atoms with Gasteiger partial charge >= 0.3 is 0 Å². The zero-order chi connectivity index (χ0) is 29.1. The molecule has 10 nitrogen and oxygen atoms in total. The molecule has 4 aromatic rings. The molecule has 1 aliphatic rings. The summed E-state index contributed by atoms with van der Waals surface area (Å²) >= 11 is 13.5. The highest BCUT2D eigenvalue weighted by Crippen LogP contribution is 2.46. The summed E-state index contributed by atoms with van der Waals surface area (Å²) in [5.74, 6) is 1.69. The van der Waals surface area contributed by atoms with Crippen LogP contribution in [0.25, 0.3) is 22.2 Å². The summed E-state index contributed by atoms with van der Waals surface area (Å²) in [5, 5.41) is 8.08. The molecule has 4 heterocycles. The Labute approximate surface area is 247 Å². The summed E-state index contributed by atoms with van der Waals surface area (Å²) in [7, 11) is 5.01. The van der Waals surface area contributed by atoms with E-state index in [0.717, 1.165) is 5.56 Å². The molecule has 41 heavy (non-hydrogen) atoms. The number of fused-ring (bicyclic) bond motifs is 1. The molecule has 0 amide bonds. The third-order valence-corrected chi connectivity index (χ3v) is 7.70. The molecule has 0 bridgehead atoms. The van der Waals surface area contributed by atoms with Crippen LogP contribution in [0.2, 0.25) is 10.0 Å². The van der Waals surface area contributed by atoms with Gasteiger partial charge in [-0.1, -0.05) is 29.8 Å². The molecule has 0 saturated carbocycles. The molecule has 1 aliphatic heterocycles. The SMILES string of the molecule is C=CC(=O)C[C@H]1COC[C@H]1Nc1ncc2cc(-c3c(Cl)c(OC)cc(OC)c3Cl)nc(NCc3ccn(C)c3)c2n1. The van der Waals surface area contributed by atoms with E-state index in [2.05, 4.69) is 22.2 Å². The topological polar surface area (TPSA) is 112 Å². The minimum absolute atomic E-state index is 0.0108. The number of hydrogen-bond acceptors (Lipinski definition) is 9. The number of aryl methyl sites for hydroxylation is 1. The van der Waals surface area contributed by atoms with Crippen molar-refractivity contribution in [3.05, 3.63) is 65.1 Å². The number of carbonyl (C=O) groups excluding carboxylic acids is 1. The van der Waals surface area contributed by atoms with Crippen LogP contribution in [0.1, 0.15) is 12.0 Å². The zero-order valence-corrected chi connectivity index (χ0v) is 24.4. The predicted molar refractivity (Wildman–Crippen MR) is 160 cm³/mol. The molecule has 0 unspecified atom stereocenters. The quantitative estimate of drug-likeness (QED) is 0.215. The predicted octanol–water partition coefficient (Wildman–Crippen LogP) is 5.54. The van der Waals surface area contributed by atoms with Crippen molar-refractivity contribution in [3.63, 3.8) is 0 Å². The highest BCUT2D eigenvalue weighted by molar-refractivity contribution is 6.41. The molecular weight excluding hydrogens is 567 g/mol. The molecule has 3 aromatic heterocycles. The number of aromatic nitrogens is 4. The van der Waals surface area contributed by atoms with Gasteiger partial charge in [0.1, 0.15) is 17.0 Å². The molecule has 2 N–H and O–H groups in total. The van der Waals surface area contributed by atoms with Gasteiger partial charge in [-0.15, -0.1) is 0 Å². The average molecular weight is 598 g/mol. The molecular formula is C29H30Cl2N6O4. The van der Waals surface area contributed by atoms with Crippen molar-refractivity contribution in [2.45, 2.75) is 19.0 Å². The molecule has 1 aromatic carbocycles. The number of rotatable bonds is 11. The summed E-state index contributed by atoms with van der Waals surface area (Å²) in [6.07, 6.45) is 7.39. The second kappa shape index (κ2) is 12.3. The molecule has 0 spiro atoms. The van der Waals surface area contributed by atoms with Gasteiger partial charge in [0, 0.05) is 61.5 Å². The van der Waals surface area contributed by atoms with Gasteiger partial charge in [-0.25, -0.2) is 15.0 Å². The van der Waals surface area contributed by atoms with Crippen LogP contribution in [0.5, 0.6) is 11.5 Å². The second-order valence-corrected chi connectivity index (χ2v) is 10.5. The van der Waals surface area contributed by atoms with E-state index in [-0.39, 0.29) is 17.7 Å². The molecule has 214 valence electrons. The van der Waals surface area contributed by atoms with Crippen molar-refractivity contribution in [2.24, 2.45) is 13.0 Å². The number of halogens is 2. The third-order valence-electron chi connectivity index (χ3n) is 6.95. The van der Waals surface area contributed by atoms with E-state index in [1.165, 1.54) is 20.3 Å². The maximum absolute atomic E-state index is 12.0. The van der Waals surface area contributed by atoms with E-state index in [1.807, 2.05) is 36.1 Å². The fourth-order valence-electron chi connectivity index (χ4n) is 4.79. The number of nitrogens with one attached hydrogen (secondary N) is 2. The maximum Gasteiger partial charge on any atom is 0.223 e. The molecule has 0 aliphatic carbocycles. The number of carbonyl (C=O) groups is 1. The van der Waals surface area contributed by atoms with Crippen LogP contribution in [-0.4, -0.2) is 58.8 Å². The van der Waals surface area contributed by atoms with Crippen molar-refractivity contribution in [3.8, 4) is 22.8 Å². The summed E-state index contributed by atoms with van der Waals surface area (Å²) in [6, 6.07) is 5.36. The average Bonchev–Trinajstić information content (AvgIpc) is 3.59. The maximum atomic E-state index is 12.0. The number of pyridine rings is 1. The Hall–Kier alpha value is -3.86. The minimum atomic E-state index is -0.119. The molecule has 2 atom stereocenters. The Morgan fingerprint density at radius 3 is 2.61 bits per heavy atom. The van der Waals surface area contributed by atoms with E-state index in [4.69, 9.17) is 47.4 Å².